The Bertz CT molecular complexity index is 999. The van der Waals surface area contributed by atoms with E-state index in [-0.39, 0.29) is 19.3 Å². The summed E-state index contributed by atoms with van der Waals surface area (Å²) in [5.41, 5.74) is 9.87. The van der Waals surface area contributed by atoms with Crippen LogP contribution in [0.15, 0.2) is 24.4 Å². The third-order valence-corrected chi connectivity index (χ3v) is 4.12. The van der Waals surface area contributed by atoms with Crippen LogP contribution in [0.2, 0.25) is 0 Å². The summed E-state index contributed by atoms with van der Waals surface area (Å²) in [6.07, 6.45) is 0.0355. The average Bonchev–Trinajstić information content (AvgIpc) is 3.07. The van der Waals surface area contributed by atoms with Gasteiger partial charge in [-0.05, 0) is 24.1 Å². The second-order valence-electron chi connectivity index (χ2n) is 6.02. The molecule has 0 unspecified atom stereocenters. The fraction of sp³-hybridized carbons (Fsp3) is 0.278. The first-order valence-corrected chi connectivity index (χ1v) is 8.28. The van der Waals surface area contributed by atoms with Gasteiger partial charge in [-0.2, -0.15) is 10.1 Å². The minimum absolute atomic E-state index is 0.132. The number of aliphatic hydroxyl groups excluding tert-OH is 1. The molecule has 4 N–H and O–H groups in total. The van der Waals surface area contributed by atoms with Crippen LogP contribution in [-0.4, -0.2) is 56.0 Å². The Morgan fingerprint density at radius 2 is 2.14 bits per heavy atom. The number of fused-ring (bicyclic) bond motifs is 1. The standard InChI is InChI=1S/C18H17N5O5/c19-7-10-2-1-3-13-16(10)11(8-21-13)6-15(25)17(26)23-14(18(27)28)5-4-12(24)9-22-20/h1-3,8-9,14-15,21,25H,4-6H2,(H,23,26)(H,27,28)/t14-,15-/m0/s1. The largest absolute Gasteiger partial charge is 0.480 e. The number of carbonyl (C=O) groups excluding carboxylic acids is 2. The number of aromatic amines is 1. The molecular weight excluding hydrogens is 366 g/mol. The van der Waals surface area contributed by atoms with E-state index in [2.05, 4.69) is 15.1 Å². The molecule has 2 aromatic rings. The van der Waals surface area contributed by atoms with E-state index in [9.17, 15) is 29.9 Å². The molecule has 0 spiro atoms. The fourth-order valence-electron chi connectivity index (χ4n) is 2.75. The van der Waals surface area contributed by atoms with Gasteiger partial charge in [-0.15, -0.1) is 0 Å². The van der Waals surface area contributed by atoms with Crippen molar-refractivity contribution in [1.29, 1.82) is 5.26 Å². The maximum absolute atomic E-state index is 12.2. The molecule has 10 nitrogen and oxygen atoms in total. The SMILES string of the molecule is N#Cc1cccc2[nH]cc(C[C@H](O)C(=O)N[C@@H](CCC(=O)C=[N+]=[N-])C(=O)O)c12. The molecule has 1 aromatic carbocycles. The van der Waals surface area contributed by atoms with Crippen molar-refractivity contribution in [3.05, 3.63) is 41.1 Å². The van der Waals surface area contributed by atoms with Gasteiger partial charge in [0.05, 0.1) is 11.6 Å². The van der Waals surface area contributed by atoms with E-state index in [0.717, 1.165) is 0 Å². The fourth-order valence-corrected chi connectivity index (χ4v) is 2.75. The van der Waals surface area contributed by atoms with Gasteiger partial charge in [0.1, 0.15) is 12.1 Å². The van der Waals surface area contributed by atoms with Crippen LogP contribution in [0.4, 0.5) is 0 Å². The van der Waals surface area contributed by atoms with Crippen molar-refractivity contribution in [1.82, 2.24) is 10.3 Å². The van der Waals surface area contributed by atoms with E-state index >= 15 is 0 Å². The second-order valence-corrected chi connectivity index (χ2v) is 6.02. The third kappa shape index (κ3) is 4.88. The zero-order chi connectivity index (χ0) is 20.7. The van der Waals surface area contributed by atoms with Crippen molar-refractivity contribution < 1.29 is 29.4 Å². The molecule has 1 amide bonds. The summed E-state index contributed by atoms with van der Waals surface area (Å²) in [7, 11) is 0. The normalized spacial score (nSPS) is 12.4. The van der Waals surface area contributed by atoms with Crippen LogP contribution in [0.5, 0.6) is 0 Å². The zero-order valence-electron chi connectivity index (χ0n) is 14.6. The number of Topliss-reactive ketones (excluding diaryl/α,β-unsaturated/α-hetero) is 1. The lowest BCUT2D eigenvalue weighted by Gasteiger charge is -2.16. The quantitative estimate of drug-likeness (QED) is 0.272. The van der Waals surface area contributed by atoms with Gasteiger partial charge in [-0.3, -0.25) is 9.59 Å². The highest BCUT2D eigenvalue weighted by atomic mass is 16.4. The summed E-state index contributed by atoms with van der Waals surface area (Å²) in [4.78, 5) is 40.3. The molecule has 0 aliphatic carbocycles. The van der Waals surface area contributed by atoms with Crippen LogP contribution in [0.1, 0.15) is 24.0 Å². The predicted molar refractivity (Wildman–Crippen MR) is 96.2 cm³/mol. The molecular formula is C18H17N5O5. The number of amides is 1. The Kier molecular flexibility index (Phi) is 6.76. The average molecular weight is 383 g/mol. The van der Waals surface area contributed by atoms with E-state index in [0.29, 0.717) is 28.2 Å². The number of nitrogens with one attached hydrogen (secondary N) is 2. The number of ketones is 1. The lowest BCUT2D eigenvalue weighted by Crippen LogP contribution is -2.46. The highest BCUT2D eigenvalue weighted by molar-refractivity contribution is 6.25. The van der Waals surface area contributed by atoms with Crippen LogP contribution in [0.3, 0.4) is 0 Å². The van der Waals surface area contributed by atoms with Crippen LogP contribution >= 0.6 is 0 Å². The monoisotopic (exact) mass is 383 g/mol. The number of hydrogen-bond donors (Lipinski definition) is 4. The number of aromatic nitrogens is 1. The lowest BCUT2D eigenvalue weighted by atomic mass is 10.0. The summed E-state index contributed by atoms with van der Waals surface area (Å²) in [5.74, 6) is -2.89. The van der Waals surface area contributed by atoms with Crippen LogP contribution in [0.25, 0.3) is 16.4 Å². The zero-order valence-corrected chi connectivity index (χ0v) is 14.6. The van der Waals surface area contributed by atoms with Crippen LogP contribution in [-0.2, 0) is 20.8 Å². The molecule has 1 heterocycles. The second kappa shape index (κ2) is 9.23. The maximum Gasteiger partial charge on any atom is 0.326 e. The molecule has 28 heavy (non-hydrogen) atoms. The smallest absolute Gasteiger partial charge is 0.326 e. The molecule has 0 aliphatic heterocycles. The number of nitriles is 1. The first-order valence-electron chi connectivity index (χ1n) is 8.28. The first-order chi connectivity index (χ1) is 13.4. The Morgan fingerprint density at radius 3 is 2.79 bits per heavy atom. The van der Waals surface area contributed by atoms with Crippen molar-refractivity contribution in [3.63, 3.8) is 0 Å². The Balaban J connectivity index is 2.07. The number of nitrogens with zero attached hydrogens (tertiary/aromatic N) is 3. The molecule has 144 valence electrons. The van der Waals surface area contributed by atoms with Gasteiger partial charge in [0, 0.05) is 29.9 Å². The molecule has 0 radical (unpaired) electrons. The van der Waals surface area contributed by atoms with Crippen molar-refractivity contribution in [2.24, 2.45) is 0 Å². The summed E-state index contributed by atoms with van der Waals surface area (Å²) in [6, 6.07) is 5.71. The molecule has 10 heteroatoms. The van der Waals surface area contributed by atoms with E-state index in [1.165, 1.54) is 0 Å². The van der Waals surface area contributed by atoms with Gasteiger partial charge >= 0.3 is 12.2 Å². The van der Waals surface area contributed by atoms with Gasteiger partial charge in [0.25, 0.3) is 0 Å². The number of carbonyl (C=O) groups is 3. The summed E-state index contributed by atoms with van der Waals surface area (Å²) < 4.78 is 0. The Morgan fingerprint density at radius 1 is 1.39 bits per heavy atom. The molecule has 0 aliphatic rings. The number of carboxylic acids is 1. The molecule has 0 saturated carbocycles. The number of hydrogen-bond acceptors (Lipinski definition) is 5. The Hall–Kier alpha value is -3.80. The number of H-pyrrole nitrogens is 1. The number of rotatable bonds is 9. The number of benzene rings is 1. The minimum atomic E-state index is -1.55. The van der Waals surface area contributed by atoms with Gasteiger partial charge in [0.15, 0.2) is 0 Å². The van der Waals surface area contributed by atoms with Crippen LogP contribution < -0.4 is 5.32 Å². The highest BCUT2D eigenvalue weighted by Gasteiger charge is 2.26. The molecule has 0 bridgehead atoms. The summed E-state index contributed by atoms with van der Waals surface area (Å²) in [5, 5.41) is 31.3. The van der Waals surface area contributed by atoms with Gasteiger partial charge in [-0.1, -0.05) is 6.07 Å². The van der Waals surface area contributed by atoms with Crippen molar-refractivity contribution in [3.8, 4) is 6.07 Å². The van der Waals surface area contributed by atoms with Crippen LogP contribution in [0, 0.1) is 11.3 Å². The minimum Gasteiger partial charge on any atom is -0.480 e. The third-order valence-electron chi connectivity index (χ3n) is 4.12. The maximum atomic E-state index is 12.2. The topological polar surface area (TPSA) is 180 Å². The number of aliphatic carboxylic acids is 1. The predicted octanol–water partition coefficient (Wildman–Crippen LogP) is 0.162. The van der Waals surface area contributed by atoms with Crippen molar-refractivity contribution in [2.45, 2.75) is 31.4 Å². The molecule has 0 fully saturated rings. The number of aliphatic hydroxyl groups is 1. The highest BCUT2D eigenvalue weighted by Crippen LogP contribution is 2.23. The van der Waals surface area contributed by atoms with E-state index in [1.807, 2.05) is 6.07 Å². The summed E-state index contributed by atoms with van der Waals surface area (Å²) in [6.45, 7) is 0. The number of carboxylic acid groups (broad SMARTS) is 1. The van der Waals surface area contributed by atoms with Gasteiger partial charge < -0.3 is 26.0 Å². The molecule has 2 rings (SSSR count). The van der Waals surface area contributed by atoms with Gasteiger partial charge in [-0.25, -0.2) is 4.79 Å². The first kappa shape index (κ1) is 20.5. The van der Waals surface area contributed by atoms with E-state index in [4.69, 9.17) is 5.53 Å². The van der Waals surface area contributed by atoms with E-state index in [1.54, 1.807) is 24.4 Å². The molecule has 1 aromatic heterocycles. The van der Waals surface area contributed by atoms with E-state index < -0.39 is 29.8 Å². The van der Waals surface area contributed by atoms with Crippen molar-refractivity contribution >= 4 is 34.8 Å². The summed E-state index contributed by atoms with van der Waals surface area (Å²) >= 11 is 0. The molecule has 2 atom stereocenters. The van der Waals surface area contributed by atoms with Gasteiger partial charge in [0.2, 0.25) is 11.7 Å². The Labute approximate surface area is 159 Å². The molecule has 0 saturated heterocycles. The van der Waals surface area contributed by atoms with Crippen molar-refractivity contribution in [2.75, 3.05) is 0 Å². The lowest BCUT2D eigenvalue weighted by molar-refractivity contribution is -0.143.